The summed E-state index contributed by atoms with van der Waals surface area (Å²) in [5, 5.41) is 2.86. The van der Waals surface area contributed by atoms with Crippen LogP contribution >= 0.6 is 0 Å². The number of likely N-dealkylation sites (N-methyl/N-ethyl adjacent to an activating group) is 1. The van der Waals surface area contributed by atoms with Crippen LogP contribution in [0.15, 0.2) is 18.2 Å². The fourth-order valence-corrected chi connectivity index (χ4v) is 1.88. The van der Waals surface area contributed by atoms with Gasteiger partial charge in [0.15, 0.2) is 0 Å². The lowest BCUT2D eigenvalue weighted by Gasteiger charge is -2.18. The van der Waals surface area contributed by atoms with Crippen molar-refractivity contribution in [1.29, 1.82) is 0 Å². The summed E-state index contributed by atoms with van der Waals surface area (Å²) in [7, 11) is 3.51. The SMILES string of the molecule is COc1cc(N)cc(CN(C)CC(=O)NC(C)C)c1. The van der Waals surface area contributed by atoms with Crippen LogP contribution in [0.25, 0.3) is 0 Å². The van der Waals surface area contributed by atoms with Gasteiger partial charge in [0.1, 0.15) is 5.75 Å². The van der Waals surface area contributed by atoms with Crippen molar-refractivity contribution in [3.63, 3.8) is 0 Å². The first kappa shape index (κ1) is 15.3. The number of benzene rings is 1. The highest BCUT2D eigenvalue weighted by molar-refractivity contribution is 5.78. The predicted octanol–water partition coefficient (Wildman–Crippen LogP) is 1.23. The molecule has 1 aromatic carbocycles. The lowest BCUT2D eigenvalue weighted by atomic mass is 10.2. The summed E-state index contributed by atoms with van der Waals surface area (Å²) < 4.78 is 5.17. The van der Waals surface area contributed by atoms with Crippen molar-refractivity contribution in [2.75, 3.05) is 26.4 Å². The van der Waals surface area contributed by atoms with Gasteiger partial charge in [-0.25, -0.2) is 0 Å². The van der Waals surface area contributed by atoms with Crippen LogP contribution in [0.3, 0.4) is 0 Å². The second-order valence-electron chi connectivity index (χ2n) is 5.01. The zero-order valence-corrected chi connectivity index (χ0v) is 12.1. The molecule has 0 heterocycles. The number of carbonyl (C=O) groups excluding carboxylic acids is 1. The van der Waals surface area contributed by atoms with E-state index in [1.54, 1.807) is 13.2 Å². The van der Waals surface area contributed by atoms with Gasteiger partial charge in [-0.2, -0.15) is 0 Å². The number of nitrogen functional groups attached to an aromatic ring is 1. The maximum atomic E-state index is 11.6. The Bertz CT molecular complexity index is 433. The van der Waals surface area contributed by atoms with Crippen molar-refractivity contribution in [2.45, 2.75) is 26.4 Å². The molecule has 5 heteroatoms. The van der Waals surface area contributed by atoms with Gasteiger partial charge in [0.05, 0.1) is 13.7 Å². The summed E-state index contributed by atoms with van der Waals surface area (Å²) in [6.07, 6.45) is 0. The number of hydrogen-bond donors (Lipinski definition) is 2. The third kappa shape index (κ3) is 5.61. The van der Waals surface area contributed by atoms with E-state index in [0.717, 1.165) is 11.3 Å². The Kier molecular flexibility index (Phi) is 5.63. The molecule has 0 aliphatic heterocycles. The number of anilines is 1. The minimum atomic E-state index is 0.0216. The average Bonchev–Trinajstić information content (AvgIpc) is 2.26. The predicted molar refractivity (Wildman–Crippen MR) is 77.0 cm³/mol. The van der Waals surface area contributed by atoms with E-state index in [-0.39, 0.29) is 11.9 Å². The summed E-state index contributed by atoms with van der Waals surface area (Å²) in [5.41, 5.74) is 7.49. The molecule has 0 radical (unpaired) electrons. The molecule has 0 spiro atoms. The molecule has 0 aliphatic carbocycles. The number of rotatable bonds is 6. The van der Waals surface area contributed by atoms with E-state index in [0.29, 0.717) is 18.8 Å². The van der Waals surface area contributed by atoms with Crippen LogP contribution in [0, 0.1) is 0 Å². The number of amides is 1. The van der Waals surface area contributed by atoms with Crippen molar-refractivity contribution in [3.8, 4) is 5.75 Å². The molecular weight excluding hydrogens is 242 g/mol. The van der Waals surface area contributed by atoms with Crippen LogP contribution in [-0.4, -0.2) is 37.6 Å². The Morgan fingerprint density at radius 2 is 2.11 bits per heavy atom. The normalized spacial score (nSPS) is 10.8. The van der Waals surface area contributed by atoms with E-state index in [2.05, 4.69) is 5.32 Å². The third-order valence-electron chi connectivity index (χ3n) is 2.54. The molecule has 0 bridgehead atoms. The molecule has 0 aliphatic rings. The molecule has 0 saturated carbocycles. The monoisotopic (exact) mass is 265 g/mol. The Hall–Kier alpha value is -1.75. The second kappa shape index (κ2) is 6.99. The van der Waals surface area contributed by atoms with Gasteiger partial charge >= 0.3 is 0 Å². The van der Waals surface area contributed by atoms with Gasteiger partial charge in [-0.15, -0.1) is 0 Å². The van der Waals surface area contributed by atoms with Crippen molar-refractivity contribution in [3.05, 3.63) is 23.8 Å². The van der Waals surface area contributed by atoms with Crippen LogP contribution in [0.4, 0.5) is 5.69 Å². The van der Waals surface area contributed by atoms with Crippen LogP contribution in [0.1, 0.15) is 19.4 Å². The number of ether oxygens (including phenoxy) is 1. The molecule has 1 aromatic rings. The highest BCUT2D eigenvalue weighted by Gasteiger charge is 2.09. The van der Waals surface area contributed by atoms with Gasteiger partial charge in [-0.3, -0.25) is 9.69 Å². The van der Waals surface area contributed by atoms with Gasteiger partial charge in [0.25, 0.3) is 0 Å². The molecule has 0 saturated heterocycles. The zero-order valence-electron chi connectivity index (χ0n) is 12.1. The smallest absolute Gasteiger partial charge is 0.234 e. The topological polar surface area (TPSA) is 67.6 Å². The summed E-state index contributed by atoms with van der Waals surface area (Å²) in [6, 6.07) is 5.75. The largest absolute Gasteiger partial charge is 0.497 e. The van der Waals surface area contributed by atoms with E-state index in [4.69, 9.17) is 10.5 Å². The molecule has 3 N–H and O–H groups in total. The number of hydrogen-bond acceptors (Lipinski definition) is 4. The van der Waals surface area contributed by atoms with Crippen LogP contribution in [-0.2, 0) is 11.3 Å². The molecule has 5 nitrogen and oxygen atoms in total. The number of nitrogens with one attached hydrogen (secondary N) is 1. The summed E-state index contributed by atoms with van der Waals surface area (Å²) in [5.74, 6) is 0.753. The van der Waals surface area contributed by atoms with Crippen LogP contribution in [0.5, 0.6) is 5.75 Å². The van der Waals surface area contributed by atoms with Crippen molar-refractivity contribution in [2.24, 2.45) is 0 Å². The number of nitrogens with two attached hydrogens (primary N) is 1. The van der Waals surface area contributed by atoms with Gasteiger partial charge in [-0.1, -0.05) is 0 Å². The molecule has 0 aromatic heterocycles. The van der Waals surface area contributed by atoms with Gasteiger partial charge in [-0.05, 0) is 38.6 Å². The first-order valence-electron chi connectivity index (χ1n) is 6.32. The van der Waals surface area contributed by atoms with Crippen molar-refractivity contribution < 1.29 is 9.53 Å². The minimum Gasteiger partial charge on any atom is -0.497 e. The lowest BCUT2D eigenvalue weighted by molar-refractivity contribution is -0.122. The summed E-state index contributed by atoms with van der Waals surface area (Å²) in [6.45, 7) is 4.89. The van der Waals surface area contributed by atoms with E-state index in [9.17, 15) is 4.79 Å². The highest BCUT2D eigenvalue weighted by atomic mass is 16.5. The fraction of sp³-hybridized carbons (Fsp3) is 0.500. The molecule has 0 unspecified atom stereocenters. The Morgan fingerprint density at radius 3 is 2.68 bits per heavy atom. The third-order valence-corrected chi connectivity index (χ3v) is 2.54. The van der Waals surface area contributed by atoms with Crippen LogP contribution in [0.2, 0.25) is 0 Å². The maximum Gasteiger partial charge on any atom is 0.234 e. The van der Waals surface area contributed by atoms with E-state index >= 15 is 0 Å². The standard InChI is InChI=1S/C14H23N3O2/c1-10(2)16-14(18)9-17(3)8-11-5-12(15)7-13(6-11)19-4/h5-7,10H,8-9,15H2,1-4H3,(H,16,18). The molecule has 106 valence electrons. The Morgan fingerprint density at radius 1 is 1.42 bits per heavy atom. The number of nitrogens with zero attached hydrogens (tertiary/aromatic N) is 1. The van der Waals surface area contributed by atoms with E-state index in [1.807, 2.05) is 37.9 Å². The Labute approximate surface area is 114 Å². The first-order chi connectivity index (χ1) is 8.90. The van der Waals surface area contributed by atoms with Crippen LogP contribution < -0.4 is 15.8 Å². The Balaban J connectivity index is 2.59. The van der Waals surface area contributed by atoms with Gasteiger partial charge < -0.3 is 15.8 Å². The number of methoxy groups -OCH3 is 1. The molecule has 0 atom stereocenters. The average molecular weight is 265 g/mol. The minimum absolute atomic E-state index is 0.0216. The fourth-order valence-electron chi connectivity index (χ4n) is 1.88. The highest BCUT2D eigenvalue weighted by Crippen LogP contribution is 2.19. The van der Waals surface area contributed by atoms with Crippen molar-refractivity contribution in [1.82, 2.24) is 10.2 Å². The summed E-state index contributed by atoms with van der Waals surface area (Å²) in [4.78, 5) is 13.6. The van der Waals surface area contributed by atoms with E-state index < -0.39 is 0 Å². The lowest BCUT2D eigenvalue weighted by Crippen LogP contribution is -2.38. The second-order valence-corrected chi connectivity index (χ2v) is 5.01. The van der Waals surface area contributed by atoms with E-state index in [1.165, 1.54) is 0 Å². The van der Waals surface area contributed by atoms with Gasteiger partial charge in [0, 0.05) is 24.3 Å². The number of carbonyl (C=O) groups is 1. The summed E-state index contributed by atoms with van der Waals surface area (Å²) >= 11 is 0. The molecular formula is C14H23N3O2. The zero-order chi connectivity index (χ0) is 14.4. The molecule has 19 heavy (non-hydrogen) atoms. The molecule has 1 amide bonds. The molecule has 0 fully saturated rings. The first-order valence-corrected chi connectivity index (χ1v) is 6.32. The quantitative estimate of drug-likeness (QED) is 0.759. The maximum absolute atomic E-state index is 11.6. The molecule has 1 rings (SSSR count). The van der Waals surface area contributed by atoms with Crippen molar-refractivity contribution >= 4 is 11.6 Å². The van der Waals surface area contributed by atoms with Gasteiger partial charge in [0.2, 0.25) is 5.91 Å².